The fourth-order valence-electron chi connectivity index (χ4n) is 2.19. The van der Waals surface area contributed by atoms with E-state index in [2.05, 4.69) is 0 Å². The molecular formula is C18H21Cl2NO2. The zero-order valence-electron chi connectivity index (χ0n) is 13.3. The summed E-state index contributed by atoms with van der Waals surface area (Å²) in [5.74, 6) is 0.649. The molecule has 3 nitrogen and oxygen atoms in total. The van der Waals surface area contributed by atoms with Gasteiger partial charge in [0.25, 0.3) is 0 Å². The van der Waals surface area contributed by atoms with Crippen LogP contribution in [0.2, 0.25) is 10.0 Å². The molecule has 0 saturated heterocycles. The first kappa shape index (κ1) is 18.1. The lowest BCUT2D eigenvalue weighted by atomic mass is 10.1. The van der Waals surface area contributed by atoms with Crippen LogP contribution >= 0.6 is 23.2 Å². The second kappa shape index (κ2) is 8.55. The molecule has 0 aliphatic carbocycles. The molecule has 23 heavy (non-hydrogen) atoms. The van der Waals surface area contributed by atoms with Gasteiger partial charge in [-0.25, -0.2) is 0 Å². The number of aliphatic hydroxyl groups excluding tert-OH is 1. The van der Waals surface area contributed by atoms with Gasteiger partial charge in [0.15, 0.2) is 0 Å². The second-order valence-electron chi connectivity index (χ2n) is 5.71. The molecule has 2 aromatic rings. The third-order valence-electron chi connectivity index (χ3n) is 3.49. The van der Waals surface area contributed by atoms with Gasteiger partial charge < -0.3 is 14.7 Å². The highest BCUT2D eigenvalue weighted by Gasteiger charge is 2.15. The van der Waals surface area contributed by atoms with Gasteiger partial charge in [-0.2, -0.15) is 0 Å². The molecule has 0 amide bonds. The van der Waals surface area contributed by atoms with Crippen molar-refractivity contribution in [3.8, 4) is 5.75 Å². The van der Waals surface area contributed by atoms with Crippen molar-refractivity contribution in [1.29, 1.82) is 0 Å². The first-order valence-corrected chi connectivity index (χ1v) is 8.21. The van der Waals surface area contributed by atoms with E-state index >= 15 is 0 Å². The summed E-state index contributed by atoms with van der Waals surface area (Å²) >= 11 is 11.9. The minimum absolute atomic E-state index is 0.409. The molecule has 0 bridgehead atoms. The highest BCUT2D eigenvalue weighted by Crippen LogP contribution is 2.31. The molecule has 0 heterocycles. The van der Waals surface area contributed by atoms with Crippen LogP contribution in [-0.4, -0.2) is 30.6 Å². The van der Waals surface area contributed by atoms with Crippen LogP contribution in [-0.2, 0) is 6.61 Å². The van der Waals surface area contributed by atoms with E-state index in [-0.39, 0.29) is 0 Å². The highest BCUT2D eigenvalue weighted by atomic mass is 35.5. The van der Waals surface area contributed by atoms with Crippen LogP contribution in [0.1, 0.15) is 23.7 Å². The number of nitrogens with zero attached hydrogens (tertiary/aromatic N) is 1. The molecule has 0 aliphatic heterocycles. The summed E-state index contributed by atoms with van der Waals surface area (Å²) < 4.78 is 5.87. The smallest absolute Gasteiger partial charge is 0.125 e. The molecule has 5 heteroatoms. The van der Waals surface area contributed by atoms with Crippen LogP contribution in [0.15, 0.2) is 42.5 Å². The molecule has 0 aromatic heterocycles. The first-order chi connectivity index (χ1) is 11.0. The lowest BCUT2D eigenvalue weighted by Gasteiger charge is -2.18. The van der Waals surface area contributed by atoms with Gasteiger partial charge in [0.05, 0.1) is 6.10 Å². The van der Waals surface area contributed by atoms with Gasteiger partial charge in [0.2, 0.25) is 0 Å². The van der Waals surface area contributed by atoms with Gasteiger partial charge in [-0.1, -0.05) is 35.3 Å². The Labute approximate surface area is 147 Å². The van der Waals surface area contributed by atoms with Crippen molar-refractivity contribution in [3.63, 3.8) is 0 Å². The first-order valence-electron chi connectivity index (χ1n) is 7.45. The zero-order valence-corrected chi connectivity index (χ0v) is 14.8. The molecule has 0 saturated carbocycles. The number of hydrogen-bond donors (Lipinski definition) is 1. The molecule has 0 radical (unpaired) electrons. The topological polar surface area (TPSA) is 32.7 Å². The number of aliphatic hydroxyl groups is 1. The van der Waals surface area contributed by atoms with Crippen molar-refractivity contribution in [3.05, 3.63) is 63.6 Å². The van der Waals surface area contributed by atoms with E-state index in [1.807, 2.05) is 43.3 Å². The number of halogens is 2. The zero-order chi connectivity index (χ0) is 16.8. The Morgan fingerprint density at radius 1 is 1.04 bits per heavy atom. The van der Waals surface area contributed by atoms with Crippen LogP contribution in [0.5, 0.6) is 5.75 Å². The molecule has 1 unspecified atom stereocenters. The fourth-order valence-corrected chi connectivity index (χ4v) is 2.50. The van der Waals surface area contributed by atoms with Crippen LogP contribution in [0.3, 0.4) is 0 Å². The monoisotopic (exact) mass is 353 g/mol. The maximum absolute atomic E-state index is 10.4. The van der Waals surface area contributed by atoms with Gasteiger partial charge in [-0.3, -0.25) is 0 Å². The number of rotatable bonds is 7. The van der Waals surface area contributed by atoms with Crippen LogP contribution in [0.4, 0.5) is 0 Å². The summed E-state index contributed by atoms with van der Waals surface area (Å²) in [5, 5.41) is 11.7. The van der Waals surface area contributed by atoms with Crippen LogP contribution < -0.4 is 4.74 Å². The van der Waals surface area contributed by atoms with Gasteiger partial charge in [-0.15, -0.1) is 0 Å². The van der Waals surface area contributed by atoms with Crippen molar-refractivity contribution >= 4 is 23.2 Å². The fraction of sp³-hybridized carbons (Fsp3) is 0.333. The third kappa shape index (κ3) is 5.70. The molecule has 0 aliphatic rings. The van der Waals surface area contributed by atoms with Gasteiger partial charge in [-0.05, 0) is 56.4 Å². The van der Waals surface area contributed by atoms with Gasteiger partial charge in [0, 0.05) is 22.2 Å². The quantitative estimate of drug-likeness (QED) is 0.791. The molecule has 124 valence electrons. The molecule has 1 N–H and O–H groups in total. The van der Waals surface area contributed by atoms with Crippen molar-refractivity contribution in [2.75, 3.05) is 20.6 Å². The van der Waals surface area contributed by atoms with Crippen molar-refractivity contribution in [2.45, 2.75) is 19.1 Å². The van der Waals surface area contributed by atoms with E-state index in [1.54, 1.807) is 18.2 Å². The van der Waals surface area contributed by atoms with Crippen molar-refractivity contribution in [1.82, 2.24) is 4.90 Å². The van der Waals surface area contributed by atoms with E-state index in [0.717, 1.165) is 12.1 Å². The predicted octanol–water partition coefficient (Wildman–Crippen LogP) is 4.56. The molecule has 1 atom stereocenters. The van der Waals surface area contributed by atoms with Crippen molar-refractivity contribution in [2.24, 2.45) is 0 Å². The molecule has 0 spiro atoms. The van der Waals surface area contributed by atoms with E-state index in [1.165, 1.54) is 0 Å². The van der Waals surface area contributed by atoms with E-state index < -0.39 is 6.10 Å². The summed E-state index contributed by atoms with van der Waals surface area (Å²) in [7, 11) is 3.95. The Bertz CT molecular complexity index is 629. The molecular weight excluding hydrogens is 333 g/mol. The summed E-state index contributed by atoms with van der Waals surface area (Å²) in [6.07, 6.45) is 0.00120. The van der Waals surface area contributed by atoms with Gasteiger partial charge in [0.1, 0.15) is 12.4 Å². The van der Waals surface area contributed by atoms with Crippen LogP contribution in [0, 0.1) is 0 Å². The maximum atomic E-state index is 10.4. The number of benzene rings is 2. The SMILES string of the molecule is CN(C)CCC(O)c1cc(Cl)ccc1OCc1ccc(Cl)cc1. The standard InChI is InChI=1S/C18H21Cl2NO2/c1-21(2)10-9-17(22)16-11-15(20)7-8-18(16)23-12-13-3-5-14(19)6-4-13/h3-8,11,17,22H,9-10,12H2,1-2H3. The minimum Gasteiger partial charge on any atom is -0.489 e. The summed E-state index contributed by atoms with van der Waals surface area (Å²) in [6, 6.07) is 12.8. The Morgan fingerprint density at radius 2 is 1.70 bits per heavy atom. The number of hydrogen-bond acceptors (Lipinski definition) is 3. The lowest BCUT2D eigenvalue weighted by Crippen LogP contribution is -2.16. The van der Waals surface area contributed by atoms with E-state index in [9.17, 15) is 5.11 Å². The minimum atomic E-state index is -0.615. The summed E-state index contributed by atoms with van der Waals surface area (Å²) in [4.78, 5) is 2.03. The lowest BCUT2D eigenvalue weighted by molar-refractivity contribution is 0.148. The average Bonchev–Trinajstić information content (AvgIpc) is 2.53. The van der Waals surface area contributed by atoms with E-state index in [4.69, 9.17) is 27.9 Å². The Balaban J connectivity index is 2.09. The van der Waals surface area contributed by atoms with Gasteiger partial charge >= 0.3 is 0 Å². The molecule has 2 aromatic carbocycles. The average molecular weight is 354 g/mol. The largest absolute Gasteiger partial charge is 0.489 e. The van der Waals surface area contributed by atoms with Crippen molar-refractivity contribution < 1.29 is 9.84 Å². The predicted molar refractivity (Wildman–Crippen MR) is 95.4 cm³/mol. The number of ether oxygens (including phenoxy) is 1. The van der Waals surface area contributed by atoms with E-state index in [0.29, 0.717) is 34.4 Å². The Morgan fingerprint density at radius 3 is 2.35 bits per heavy atom. The summed E-state index contributed by atoms with van der Waals surface area (Å²) in [6.45, 7) is 1.19. The second-order valence-corrected chi connectivity index (χ2v) is 6.58. The normalized spacial score (nSPS) is 12.4. The van der Waals surface area contributed by atoms with Crippen LogP contribution in [0.25, 0.3) is 0 Å². The summed E-state index contributed by atoms with van der Waals surface area (Å²) in [5.41, 5.74) is 1.73. The Kier molecular flexibility index (Phi) is 6.72. The maximum Gasteiger partial charge on any atom is 0.125 e. The molecule has 0 fully saturated rings. The Hall–Kier alpha value is -1.26. The highest BCUT2D eigenvalue weighted by molar-refractivity contribution is 6.30. The molecule has 2 rings (SSSR count). The third-order valence-corrected chi connectivity index (χ3v) is 3.98.